The van der Waals surface area contributed by atoms with Crippen molar-refractivity contribution in [2.24, 2.45) is 5.92 Å². The second kappa shape index (κ2) is 22.7. The van der Waals surface area contributed by atoms with Crippen molar-refractivity contribution in [2.45, 2.75) is 173 Å². The molecular weight excluding hydrogens is 456 g/mol. The van der Waals surface area contributed by atoms with Gasteiger partial charge in [0.25, 0.3) is 0 Å². The topological polar surface area (TPSA) is 99.4 Å². The van der Waals surface area contributed by atoms with Crippen LogP contribution in [0.2, 0.25) is 0 Å². The molecule has 36 heavy (non-hydrogen) atoms. The third kappa shape index (κ3) is 15.2. The van der Waals surface area contributed by atoms with Crippen LogP contribution in [0.1, 0.15) is 142 Å². The lowest BCUT2D eigenvalue weighted by atomic mass is 9.94. The first kappa shape index (κ1) is 33.8. The molecule has 6 atom stereocenters. The summed E-state index contributed by atoms with van der Waals surface area (Å²) >= 11 is 0. The Labute approximate surface area is 222 Å². The molecule has 1 fully saturated rings. The first-order chi connectivity index (χ1) is 17.5. The number of aliphatic hydroxyl groups is 4. The van der Waals surface area contributed by atoms with E-state index in [4.69, 9.17) is 9.47 Å². The van der Waals surface area contributed by atoms with Gasteiger partial charge in [-0.15, -0.1) is 0 Å². The number of hydrogen-bond acceptors (Lipinski definition) is 6. The van der Waals surface area contributed by atoms with E-state index in [1.54, 1.807) is 0 Å². The van der Waals surface area contributed by atoms with E-state index in [1.165, 1.54) is 116 Å². The molecule has 1 rings (SSSR count). The predicted octanol–water partition coefficient (Wildman–Crippen LogP) is 6.26. The summed E-state index contributed by atoms with van der Waals surface area (Å²) in [4.78, 5) is 0. The second-order valence-corrected chi connectivity index (χ2v) is 11.1. The van der Waals surface area contributed by atoms with Crippen molar-refractivity contribution >= 4 is 0 Å². The Hall–Kier alpha value is -0.240. The van der Waals surface area contributed by atoms with Crippen molar-refractivity contribution in [1.82, 2.24) is 0 Å². The summed E-state index contributed by atoms with van der Waals surface area (Å²) < 4.78 is 11.5. The monoisotopic (exact) mass is 516 g/mol. The molecular formula is C30H60O6. The van der Waals surface area contributed by atoms with Gasteiger partial charge in [0.05, 0.1) is 13.2 Å². The van der Waals surface area contributed by atoms with Gasteiger partial charge >= 0.3 is 0 Å². The van der Waals surface area contributed by atoms with Gasteiger partial charge in [-0.05, 0) is 18.8 Å². The highest BCUT2D eigenvalue weighted by Gasteiger charge is 2.44. The Balaban J connectivity index is 2.35. The molecule has 0 saturated carbocycles. The largest absolute Gasteiger partial charge is 0.394 e. The minimum atomic E-state index is -1.38. The van der Waals surface area contributed by atoms with Crippen molar-refractivity contribution in [3.63, 3.8) is 0 Å². The van der Waals surface area contributed by atoms with Crippen LogP contribution in [0.25, 0.3) is 0 Å². The second-order valence-electron chi connectivity index (χ2n) is 11.1. The average molecular weight is 517 g/mol. The summed E-state index contributed by atoms with van der Waals surface area (Å²) in [5, 5.41) is 39.8. The third-order valence-corrected chi connectivity index (χ3v) is 7.78. The first-order valence-electron chi connectivity index (χ1n) is 15.5. The molecule has 6 heteroatoms. The highest BCUT2D eigenvalue weighted by molar-refractivity contribution is 4.89. The lowest BCUT2D eigenvalue weighted by Crippen LogP contribution is -2.59. The number of hydrogen-bond donors (Lipinski definition) is 4. The Kier molecular flexibility index (Phi) is 21.3. The van der Waals surface area contributed by atoms with Crippen LogP contribution in [0.5, 0.6) is 0 Å². The first-order valence-corrected chi connectivity index (χ1v) is 15.5. The van der Waals surface area contributed by atoms with Crippen LogP contribution in [0.4, 0.5) is 0 Å². The van der Waals surface area contributed by atoms with Crippen molar-refractivity contribution in [2.75, 3.05) is 13.2 Å². The van der Waals surface area contributed by atoms with Gasteiger partial charge in [0.15, 0.2) is 6.29 Å². The van der Waals surface area contributed by atoms with E-state index < -0.39 is 37.3 Å². The van der Waals surface area contributed by atoms with E-state index >= 15 is 0 Å². The normalized spacial score (nSPS) is 25.3. The molecule has 1 aliphatic rings. The lowest BCUT2D eigenvalue weighted by Gasteiger charge is -2.40. The predicted molar refractivity (Wildman–Crippen MR) is 147 cm³/mol. The lowest BCUT2D eigenvalue weighted by molar-refractivity contribution is -0.303. The van der Waals surface area contributed by atoms with Crippen LogP contribution >= 0.6 is 0 Å². The summed E-state index contributed by atoms with van der Waals surface area (Å²) in [5.74, 6) is 0.395. The summed E-state index contributed by atoms with van der Waals surface area (Å²) in [6, 6.07) is 0. The minimum absolute atomic E-state index is 0.395. The van der Waals surface area contributed by atoms with Gasteiger partial charge in [-0.3, -0.25) is 0 Å². The van der Waals surface area contributed by atoms with Gasteiger partial charge in [0.1, 0.15) is 24.4 Å². The zero-order chi connectivity index (χ0) is 26.4. The van der Waals surface area contributed by atoms with Gasteiger partial charge in [-0.2, -0.15) is 0 Å². The maximum atomic E-state index is 10.3. The fourth-order valence-corrected chi connectivity index (χ4v) is 5.23. The molecule has 1 saturated heterocycles. The molecule has 216 valence electrons. The molecule has 0 spiro atoms. The molecule has 0 aromatic carbocycles. The van der Waals surface area contributed by atoms with Crippen LogP contribution < -0.4 is 0 Å². The number of aliphatic hydroxyl groups excluding tert-OH is 4. The molecule has 0 aromatic rings. The average Bonchev–Trinajstić information content (AvgIpc) is 2.88. The van der Waals surface area contributed by atoms with Crippen LogP contribution in [-0.4, -0.2) is 64.3 Å². The highest BCUT2D eigenvalue weighted by Crippen LogP contribution is 2.25. The molecule has 0 amide bonds. The standard InChI is InChI=1S/C30H60O6/c1-3-5-7-9-11-13-14-16-18-20-22-25(21-19-17-15-12-10-8-6-4-2)24-35-30-29(34)28(33)27(32)26(23-31)36-30/h25-34H,3-24H2,1-2H3/t25?,26-,27-,28+,29+,30?/m1/s1. The molecule has 0 bridgehead atoms. The van der Waals surface area contributed by atoms with E-state index in [1.807, 2.05) is 0 Å². The Morgan fingerprint density at radius 3 is 1.42 bits per heavy atom. The quantitative estimate of drug-likeness (QED) is 0.113. The van der Waals surface area contributed by atoms with Crippen LogP contribution in [0, 0.1) is 5.92 Å². The fraction of sp³-hybridized carbons (Fsp3) is 1.00. The molecule has 6 nitrogen and oxygen atoms in total. The summed E-state index contributed by atoms with van der Waals surface area (Å²) in [7, 11) is 0. The SMILES string of the molecule is CCCCCCCCCCCCC(CCCCCCCCCC)COC1O[C@H](CO)[C@@H](O)[C@H](O)[C@@H]1O. The van der Waals surface area contributed by atoms with E-state index in [2.05, 4.69) is 13.8 Å². The van der Waals surface area contributed by atoms with Gasteiger partial charge in [0, 0.05) is 0 Å². The summed E-state index contributed by atoms with van der Waals surface area (Å²) in [5.41, 5.74) is 0. The fourth-order valence-electron chi connectivity index (χ4n) is 5.23. The van der Waals surface area contributed by atoms with Gasteiger partial charge in [-0.25, -0.2) is 0 Å². The summed E-state index contributed by atoms with van der Waals surface area (Å²) in [6.45, 7) is 4.56. The maximum absolute atomic E-state index is 10.3. The Bertz CT molecular complexity index is 474. The molecule has 0 radical (unpaired) electrons. The zero-order valence-electron chi connectivity index (χ0n) is 23.6. The van der Waals surface area contributed by atoms with Crippen LogP contribution in [-0.2, 0) is 9.47 Å². The third-order valence-electron chi connectivity index (χ3n) is 7.78. The molecule has 0 aliphatic carbocycles. The zero-order valence-corrected chi connectivity index (χ0v) is 23.6. The highest BCUT2D eigenvalue weighted by atomic mass is 16.7. The van der Waals surface area contributed by atoms with E-state index in [0.717, 1.165) is 12.8 Å². The van der Waals surface area contributed by atoms with E-state index in [0.29, 0.717) is 12.5 Å². The van der Waals surface area contributed by atoms with Crippen LogP contribution in [0.3, 0.4) is 0 Å². The van der Waals surface area contributed by atoms with Gasteiger partial charge in [0.2, 0.25) is 0 Å². The molecule has 1 aliphatic heterocycles. The van der Waals surface area contributed by atoms with Crippen molar-refractivity contribution in [1.29, 1.82) is 0 Å². The number of rotatable bonds is 24. The van der Waals surface area contributed by atoms with Crippen molar-refractivity contribution in [3.05, 3.63) is 0 Å². The van der Waals surface area contributed by atoms with Crippen molar-refractivity contribution < 1.29 is 29.9 Å². The Morgan fingerprint density at radius 2 is 1.00 bits per heavy atom. The van der Waals surface area contributed by atoms with Crippen molar-refractivity contribution in [3.8, 4) is 0 Å². The molecule has 1 heterocycles. The van der Waals surface area contributed by atoms with E-state index in [-0.39, 0.29) is 0 Å². The van der Waals surface area contributed by atoms with E-state index in [9.17, 15) is 20.4 Å². The summed E-state index contributed by atoms with van der Waals surface area (Å²) in [6.07, 6.45) is 19.8. The molecule has 0 aromatic heterocycles. The minimum Gasteiger partial charge on any atom is -0.394 e. The molecule has 4 N–H and O–H groups in total. The van der Waals surface area contributed by atoms with Crippen LogP contribution in [0.15, 0.2) is 0 Å². The maximum Gasteiger partial charge on any atom is 0.186 e. The number of unbranched alkanes of at least 4 members (excludes halogenated alkanes) is 16. The van der Waals surface area contributed by atoms with Gasteiger partial charge in [-0.1, -0.05) is 129 Å². The smallest absolute Gasteiger partial charge is 0.186 e. The van der Waals surface area contributed by atoms with Gasteiger partial charge < -0.3 is 29.9 Å². The number of ether oxygens (including phenoxy) is 2. The molecule has 2 unspecified atom stereocenters. The Morgan fingerprint density at radius 1 is 0.583 bits per heavy atom.